The van der Waals surface area contributed by atoms with Gasteiger partial charge >= 0.3 is 0 Å². The van der Waals surface area contributed by atoms with E-state index in [0.29, 0.717) is 28.4 Å². The van der Waals surface area contributed by atoms with Crippen LogP contribution in [0.1, 0.15) is 50.4 Å². The third-order valence-electron chi connectivity index (χ3n) is 6.75. The molecule has 0 amide bonds. The van der Waals surface area contributed by atoms with Gasteiger partial charge in [0.15, 0.2) is 0 Å². The zero-order valence-electron chi connectivity index (χ0n) is 23.3. The summed E-state index contributed by atoms with van der Waals surface area (Å²) in [7, 11) is 0. The van der Waals surface area contributed by atoms with Gasteiger partial charge in [0, 0.05) is 57.8 Å². The molecule has 1 aliphatic carbocycles. The average Bonchev–Trinajstić information content (AvgIpc) is 3.78. The molecule has 0 saturated heterocycles. The van der Waals surface area contributed by atoms with Crippen LogP contribution in [-0.4, -0.2) is 4.98 Å². The normalized spacial score (nSPS) is 14.8. The van der Waals surface area contributed by atoms with Crippen molar-refractivity contribution in [2.75, 3.05) is 5.73 Å². The number of hydrogen-bond acceptors (Lipinski definition) is 4. The standard InChI is InChI=1S/C34H39FN4/c1-8-13-29(33-14-11-12-19-37-33)23(5)24(6)38-22(4)20-31-32(36)18-17-30(34(31)35)26(9-2)21-28(10-3)39-25(7)27-15-16-27/h8-14,17-19,21,27,38-39H,1,3-4,7,15-16,20,36H2,2,5-6H3/b24-23+,26-9+,28-21+,29-13+. The number of halogens is 1. The van der Waals surface area contributed by atoms with Crippen molar-refractivity contribution in [1.29, 1.82) is 0 Å². The molecule has 4 nitrogen and oxygen atoms in total. The highest BCUT2D eigenvalue weighted by atomic mass is 19.1. The first-order chi connectivity index (χ1) is 18.7. The summed E-state index contributed by atoms with van der Waals surface area (Å²) in [5.41, 5.74) is 14.2. The fourth-order valence-electron chi connectivity index (χ4n) is 4.25. The van der Waals surface area contributed by atoms with Gasteiger partial charge in [-0.15, -0.1) is 0 Å². The molecule has 202 valence electrons. The van der Waals surface area contributed by atoms with Crippen molar-refractivity contribution in [3.8, 4) is 0 Å². The van der Waals surface area contributed by atoms with E-state index in [-0.39, 0.29) is 12.2 Å². The van der Waals surface area contributed by atoms with Gasteiger partial charge in [0.1, 0.15) is 5.82 Å². The second kappa shape index (κ2) is 13.4. The summed E-state index contributed by atoms with van der Waals surface area (Å²) in [5, 5.41) is 6.65. The van der Waals surface area contributed by atoms with Crippen LogP contribution in [0.5, 0.6) is 0 Å². The molecule has 0 unspecified atom stereocenters. The lowest BCUT2D eigenvalue weighted by atomic mass is 9.97. The quantitative estimate of drug-likeness (QED) is 0.184. The van der Waals surface area contributed by atoms with Crippen molar-refractivity contribution in [1.82, 2.24) is 15.6 Å². The van der Waals surface area contributed by atoms with E-state index < -0.39 is 0 Å². The summed E-state index contributed by atoms with van der Waals surface area (Å²) < 4.78 is 15.9. The molecule has 3 rings (SSSR count). The molecule has 0 aliphatic heterocycles. The van der Waals surface area contributed by atoms with Gasteiger partial charge in [-0.3, -0.25) is 4.98 Å². The molecule has 4 N–H and O–H groups in total. The average molecular weight is 523 g/mol. The van der Waals surface area contributed by atoms with E-state index in [1.54, 1.807) is 30.5 Å². The number of rotatable bonds is 13. The van der Waals surface area contributed by atoms with Gasteiger partial charge in [-0.25, -0.2) is 4.39 Å². The number of pyridine rings is 1. The van der Waals surface area contributed by atoms with Gasteiger partial charge in [-0.1, -0.05) is 50.6 Å². The molecule has 0 radical (unpaired) electrons. The minimum atomic E-state index is -0.370. The van der Waals surface area contributed by atoms with Crippen molar-refractivity contribution in [2.24, 2.45) is 5.92 Å². The number of benzene rings is 1. The predicted octanol–water partition coefficient (Wildman–Crippen LogP) is 8.00. The summed E-state index contributed by atoms with van der Waals surface area (Å²) in [6.07, 6.45) is 13.4. The van der Waals surface area contributed by atoms with Crippen LogP contribution in [0.2, 0.25) is 0 Å². The number of nitrogens with zero attached hydrogens (tertiary/aromatic N) is 1. The third-order valence-corrected chi connectivity index (χ3v) is 6.75. The third kappa shape index (κ3) is 7.57. The highest BCUT2D eigenvalue weighted by molar-refractivity contribution is 5.79. The summed E-state index contributed by atoms with van der Waals surface area (Å²) in [4.78, 5) is 4.47. The van der Waals surface area contributed by atoms with Crippen LogP contribution in [0.4, 0.5) is 10.1 Å². The van der Waals surface area contributed by atoms with Crippen LogP contribution < -0.4 is 16.4 Å². The van der Waals surface area contributed by atoms with Crippen LogP contribution in [0.3, 0.4) is 0 Å². The van der Waals surface area contributed by atoms with Gasteiger partial charge < -0.3 is 16.4 Å². The zero-order valence-corrected chi connectivity index (χ0v) is 23.3. The Labute approximate surface area is 232 Å². The summed E-state index contributed by atoms with van der Waals surface area (Å²) in [6.45, 7) is 21.9. The van der Waals surface area contributed by atoms with E-state index in [4.69, 9.17) is 5.73 Å². The first-order valence-corrected chi connectivity index (χ1v) is 13.1. The van der Waals surface area contributed by atoms with E-state index in [2.05, 4.69) is 41.9 Å². The monoisotopic (exact) mass is 522 g/mol. The highest BCUT2D eigenvalue weighted by Gasteiger charge is 2.24. The molecule has 1 aliphatic rings. The van der Waals surface area contributed by atoms with Gasteiger partial charge in [0.25, 0.3) is 0 Å². The molecule has 1 saturated carbocycles. The number of nitrogen functional groups attached to an aromatic ring is 1. The lowest BCUT2D eigenvalue weighted by Gasteiger charge is -2.18. The maximum Gasteiger partial charge on any atom is 0.136 e. The molecular formula is C34H39FN4. The number of nitrogens with one attached hydrogen (secondary N) is 2. The maximum absolute atomic E-state index is 15.9. The number of aromatic nitrogens is 1. The lowest BCUT2D eigenvalue weighted by Crippen LogP contribution is -2.16. The number of nitrogens with two attached hydrogens (primary N) is 1. The largest absolute Gasteiger partial charge is 0.398 e. The molecule has 0 atom stereocenters. The van der Waals surface area contributed by atoms with Crippen LogP contribution in [-0.2, 0) is 6.42 Å². The Morgan fingerprint density at radius 3 is 2.46 bits per heavy atom. The molecule has 39 heavy (non-hydrogen) atoms. The second-order valence-electron chi connectivity index (χ2n) is 9.65. The highest BCUT2D eigenvalue weighted by Crippen LogP contribution is 2.35. The van der Waals surface area contributed by atoms with E-state index in [0.717, 1.165) is 52.3 Å². The molecule has 1 aromatic heterocycles. The van der Waals surface area contributed by atoms with E-state index in [9.17, 15) is 0 Å². The van der Waals surface area contributed by atoms with E-state index >= 15 is 4.39 Å². The van der Waals surface area contributed by atoms with Crippen molar-refractivity contribution < 1.29 is 4.39 Å². The smallest absolute Gasteiger partial charge is 0.136 e. The first kappa shape index (κ1) is 29.2. The molecule has 1 aromatic carbocycles. The molecule has 2 aromatic rings. The zero-order chi connectivity index (χ0) is 28.5. The van der Waals surface area contributed by atoms with Crippen LogP contribution >= 0.6 is 0 Å². The van der Waals surface area contributed by atoms with Crippen molar-refractivity contribution in [3.63, 3.8) is 0 Å². The fourth-order valence-corrected chi connectivity index (χ4v) is 4.25. The van der Waals surface area contributed by atoms with E-state index in [1.807, 2.05) is 57.2 Å². The molecule has 0 bridgehead atoms. The van der Waals surface area contributed by atoms with Crippen LogP contribution in [0, 0.1) is 11.7 Å². The summed E-state index contributed by atoms with van der Waals surface area (Å²) >= 11 is 0. The lowest BCUT2D eigenvalue weighted by molar-refractivity contribution is 0.609. The topological polar surface area (TPSA) is 63.0 Å². The van der Waals surface area contributed by atoms with Crippen LogP contribution in [0.25, 0.3) is 11.1 Å². The van der Waals surface area contributed by atoms with Crippen LogP contribution in [0.15, 0.2) is 122 Å². The van der Waals surface area contributed by atoms with Crippen molar-refractivity contribution in [2.45, 2.75) is 40.0 Å². The van der Waals surface area contributed by atoms with E-state index in [1.165, 1.54) is 0 Å². The van der Waals surface area contributed by atoms with Crippen molar-refractivity contribution >= 4 is 16.8 Å². The fraction of sp³-hybridized carbons (Fsp3) is 0.206. The molecule has 1 heterocycles. The van der Waals surface area contributed by atoms with Gasteiger partial charge in [-0.2, -0.15) is 0 Å². The molecule has 0 spiro atoms. The minimum absolute atomic E-state index is 0.228. The SMILES string of the molecule is C=C/C=C(\C(C)=C(/C)NC(=C)Cc1c(N)ccc(C(/C=C(\C=C)NC(=C)C2CC2)=C/C)c1F)c1ccccn1. The van der Waals surface area contributed by atoms with Gasteiger partial charge in [0.05, 0.1) is 5.69 Å². The summed E-state index contributed by atoms with van der Waals surface area (Å²) in [6, 6.07) is 9.22. The minimum Gasteiger partial charge on any atom is -0.398 e. The summed E-state index contributed by atoms with van der Waals surface area (Å²) in [5.74, 6) is 0.125. The molecular weight excluding hydrogens is 483 g/mol. The second-order valence-corrected chi connectivity index (χ2v) is 9.65. The Balaban J connectivity index is 1.84. The Kier molecular flexibility index (Phi) is 10.0. The first-order valence-electron chi connectivity index (χ1n) is 13.1. The van der Waals surface area contributed by atoms with Crippen molar-refractivity contribution in [3.05, 3.63) is 144 Å². The molecule has 1 fully saturated rings. The Morgan fingerprint density at radius 1 is 1.13 bits per heavy atom. The Morgan fingerprint density at radius 2 is 1.87 bits per heavy atom. The number of hydrogen-bond donors (Lipinski definition) is 3. The predicted molar refractivity (Wildman–Crippen MR) is 165 cm³/mol. The van der Waals surface area contributed by atoms with Gasteiger partial charge in [0.2, 0.25) is 0 Å². The Bertz CT molecular complexity index is 1390. The number of allylic oxidation sites excluding steroid dienone is 11. The Hall–Kier alpha value is -4.38. The molecule has 5 heteroatoms. The van der Waals surface area contributed by atoms with Gasteiger partial charge in [-0.05, 0) is 87.1 Å². The number of anilines is 1. The maximum atomic E-state index is 15.9.